The molecule has 1 aliphatic rings. The number of hydrogen-bond acceptors (Lipinski definition) is 3. The first-order chi connectivity index (χ1) is 6.66. The summed E-state index contributed by atoms with van der Waals surface area (Å²) < 4.78 is 10.3. The molecule has 0 atom stereocenters. The molecule has 0 amide bonds. The third-order valence-electron chi connectivity index (χ3n) is 1.79. The van der Waals surface area contributed by atoms with Gasteiger partial charge in [0, 0.05) is 0 Å². The number of aromatic nitrogens is 1. The monoisotopic (exact) mass is 377 g/mol. The second-order valence-corrected chi connectivity index (χ2v) is 6.84. The first-order valence-corrected chi connectivity index (χ1v) is 8.69. The van der Waals surface area contributed by atoms with E-state index in [-0.39, 0.29) is 14.1 Å². The van der Waals surface area contributed by atoms with Crippen molar-refractivity contribution in [2.24, 2.45) is 11.1 Å². The van der Waals surface area contributed by atoms with Crippen LogP contribution in [0.3, 0.4) is 0 Å². The van der Waals surface area contributed by atoms with Gasteiger partial charge in [0.1, 0.15) is 0 Å². The van der Waals surface area contributed by atoms with Gasteiger partial charge in [-0.2, -0.15) is 0 Å². The van der Waals surface area contributed by atoms with Crippen molar-refractivity contribution in [3.05, 3.63) is 10.5 Å². The number of thiol groups is 1. The molecule has 2 rings (SSSR count). The summed E-state index contributed by atoms with van der Waals surface area (Å²) in [4.78, 5) is 1.72. The van der Waals surface area contributed by atoms with Gasteiger partial charge in [-0.3, -0.25) is 0 Å². The number of pyridine rings is 1. The van der Waals surface area contributed by atoms with Gasteiger partial charge < -0.3 is 0 Å². The zero-order valence-corrected chi connectivity index (χ0v) is 12.8. The molecule has 74 valence electrons. The van der Waals surface area contributed by atoms with Crippen LogP contribution in [0.5, 0.6) is 0 Å². The number of rotatable bonds is 0. The fourth-order valence-corrected chi connectivity index (χ4v) is 6.01. The summed E-state index contributed by atoms with van der Waals surface area (Å²) in [6.45, 7) is 0. The van der Waals surface area contributed by atoms with Crippen LogP contribution in [0.4, 0.5) is 5.82 Å². The number of nitrogens with zero attached hydrogens (tertiary/aromatic N) is 3. The average molecular weight is 376 g/mol. The molecule has 1 aromatic rings. The topological polar surface area (TPSA) is 31.4 Å². The van der Waals surface area contributed by atoms with Crippen molar-refractivity contribution < 1.29 is 0 Å². The van der Waals surface area contributed by atoms with Crippen LogP contribution in [-0.2, 0) is 7.05 Å². The molecule has 0 bridgehead atoms. The molecule has 2 heterocycles. The molecule has 0 saturated heterocycles. The molecule has 1 aromatic heterocycles. The third kappa shape index (κ3) is 1.65. The minimum absolute atomic E-state index is 0.194. The molecule has 0 spiro atoms. The van der Waals surface area contributed by atoms with Crippen LogP contribution in [0.15, 0.2) is 13.8 Å². The molecule has 0 unspecified atom stereocenters. The average Bonchev–Trinajstić information content (AvgIpc) is 2.64. The Morgan fingerprint density at radius 2 is 2.43 bits per heavy atom. The van der Waals surface area contributed by atoms with E-state index in [0.717, 1.165) is 16.2 Å². The predicted molar refractivity (Wildman–Crippen MR) is 62.4 cm³/mol. The molecular weight excluding hydrogens is 372 g/mol. The van der Waals surface area contributed by atoms with E-state index in [1.165, 1.54) is 0 Å². The molecule has 0 fully saturated rings. The Morgan fingerprint density at radius 3 is 3.07 bits per heavy atom. The van der Waals surface area contributed by atoms with E-state index in [2.05, 4.69) is 37.2 Å². The summed E-state index contributed by atoms with van der Waals surface area (Å²) >= 11 is 13.3. The number of hydrogen-bond donors (Lipinski definition) is 1. The maximum atomic E-state index is 6.16. The maximum absolute atomic E-state index is 6.16. The molecule has 0 N–H and O–H groups in total. The Balaban J connectivity index is 2.87. The van der Waals surface area contributed by atoms with Crippen molar-refractivity contribution in [2.45, 2.75) is 9.79 Å². The molecule has 8 heteroatoms. The van der Waals surface area contributed by atoms with E-state index in [1.807, 2.05) is 11.6 Å². The quantitative estimate of drug-likeness (QED) is 0.528. The number of halogens is 1. The first kappa shape index (κ1) is 11.3. The van der Waals surface area contributed by atoms with Crippen molar-refractivity contribution in [3.8, 4) is 0 Å². The Bertz CT molecular complexity index is 459. The van der Waals surface area contributed by atoms with Gasteiger partial charge in [-0.25, -0.2) is 0 Å². The van der Waals surface area contributed by atoms with Crippen LogP contribution in [-0.4, -0.2) is 34.9 Å². The normalized spacial score (nSPS) is 15.5. The Kier molecular flexibility index (Phi) is 3.49. The van der Waals surface area contributed by atoms with E-state index in [1.54, 1.807) is 10.2 Å². The minimum atomic E-state index is 0.194. The van der Waals surface area contributed by atoms with E-state index in [0.29, 0.717) is 9.92 Å². The molecular formula is C6H4ClN3S2Se2. The zero-order valence-electron chi connectivity index (χ0n) is 6.89. The summed E-state index contributed by atoms with van der Waals surface area (Å²) in [5, 5.41) is 0.656. The second-order valence-electron chi connectivity index (χ2n) is 2.54. The van der Waals surface area contributed by atoms with Crippen molar-refractivity contribution in [1.82, 2.24) is 8.90 Å². The summed E-state index contributed by atoms with van der Waals surface area (Å²) in [6, 6.07) is 0. The van der Waals surface area contributed by atoms with Gasteiger partial charge in [-0.05, 0) is 0 Å². The van der Waals surface area contributed by atoms with E-state index in [9.17, 15) is 0 Å². The van der Waals surface area contributed by atoms with Crippen LogP contribution in [0.1, 0.15) is 0 Å². The second kappa shape index (κ2) is 4.34. The number of fused-ring (bicyclic) bond motifs is 1. The van der Waals surface area contributed by atoms with Crippen LogP contribution < -0.4 is 9.82 Å². The van der Waals surface area contributed by atoms with Gasteiger partial charge in [0.25, 0.3) is 0 Å². The summed E-state index contributed by atoms with van der Waals surface area (Å²) in [5.41, 5.74) is 0.721. The van der Waals surface area contributed by atoms with Crippen molar-refractivity contribution >= 4 is 70.5 Å². The molecule has 2 radical (unpaired) electrons. The summed E-state index contributed by atoms with van der Waals surface area (Å²) in [7, 11) is 3.60. The predicted octanol–water partition coefficient (Wildman–Crippen LogP) is 0.827. The van der Waals surface area contributed by atoms with Crippen molar-refractivity contribution in [2.75, 3.05) is 0 Å². The third-order valence-corrected chi connectivity index (χ3v) is 6.25. The van der Waals surface area contributed by atoms with E-state index >= 15 is 0 Å². The van der Waals surface area contributed by atoms with Gasteiger partial charge in [0.15, 0.2) is 0 Å². The molecule has 0 aliphatic carbocycles. The van der Waals surface area contributed by atoms with Gasteiger partial charge in [-0.15, -0.1) is 0 Å². The zero-order chi connectivity index (χ0) is 10.3. The van der Waals surface area contributed by atoms with Gasteiger partial charge in [0.05, 0.1) is 0 Å². The van der Waals surface area contributed by atoms with E-state index in [4.69, 9.17) is 11.6 Å². The fraction of sp³-hybridized carbons (Fsp3) is 0.167. The standard InChI is InChI=1S/C6H4ClN3S2Se2/c1-10-5(8-13)3(11)2(7)4-6(10)9-14-12-4/h11H,1H3. The molecule has 0 aromatic carbocycles. The van der Waals surface area contributed by atoms with Gasteiger partial charge >= 0.3 is 111 Å². The van der Waals surface area contributed by atoms with Gasteiger partial charge in [0.2, 0.25) is 0 Å². The van der Waals surface area contributed by atoms with Crippen LogP contribution in [0.25, 0.3) is 0 Å². The summed E-state index contributed by atoms with van der Waals surface area (Å²) in [5.74, 6) is 0.909. The van der Waals surface area contributed by atoms with Crippen LogP contribution in [0, 0.1) is 0 Å². The fourth-order valence-electron chi connectivity index (χ4n) is 1.09. The van der Waals surface area contributed by atoms with Crippen molar-refractivity contribution in [3.63, 3.8) is 0 Å². The van der Waals surface area contributed by atoms with E-state index < -0.39 is 0 Å². The molecule has 1 aliphatic heterocycles. The van der Waals surface area contributed by atoms with Crippen LogP contribution in [0.2, 0.25) is 5.02 Å². The van der Waals surface area contributed by atoms with Gasteiger partial charge in [-0.1, -0.05) is 0 Å². The Hall–Kier alpha value is 0.779. The molecule has 0 saturated carbocycles. The first-order valence-electron chi connectivity index (χ1n) is 3.49. The van der Waals surface area contributed by atoms with Crippen molar-refractivity contribution in [1.29, 1.82) is 0 Å². The Morgan fingerprint density at radius 1 is 1.71 bits per heavy atom. The van der Waals surface area contributed by atoms with Crippen LogP contribution >= 0.6 is 34.4 Å². The Labute approximate surface area is 110 Å². The molecule has 14 heavy (non-hydrogen) atoms. The SMILES string of the molecule is Cn1c2c(c(Cl)c(S)c1=N[Se])S[Se][N]2. The summed E-state index contributed by atoms with van der Waals surface area (Å²) in [6.07, 6.45) is 0. The molecule has 3 nitrogen and oxygen atoms in total.